The number of aryl methyl sites for hydroxylation is 1. The zero-order valence-corrected chi connectivity index (χ0v) is 16.8. The maximum atomic E-state index is 12.9. The lowest BCUT2D eigenvalue weighted by Crippen LogP contribution is -2.55. The molecule has 0 aliphatic carbocycles. The molecule has 148 valence electrons. The monoisotopic (exact) mass is 379 g/mol. The molecular formula is C23H29N3O2. The summed E-state index contributed by atoms with van der Waals surface area (Å²) in [4.78, 5) is 25.8. The predicted molar refractivity (Wildman–Crippen MR) is 112 cm³/mol. The van der Waals surface area contributed by atoms with E-state index in [1.807, 2.05) is 57.2 Å². The van der Waals surface area contributed by atoms with Gasteiger partial charge in [0.15, 0.2) is 0 Å². The molecule has 5 heteroatoms. The second-order valence-corrected chi connectivity index (χ2v) is 7.63. The quantitative estimate of drug-likeness (QED) is 0.722. The number of amides is 2. The molecule has 1 heterocycles. The summed E-state index contributed by atoms with van der Waals surface area (Å²) >= 11 is 0. The van der Waals surface area contributed by atoms with Crippen LogP contribution in [0.4, 0.5) is 5.69 Å². The van der Waals surface area contributed by atoms with E-state index < -0.39 is 6.04 Å². The summed E-state index contributed by atoms with van der Waals surface area (Å²) < 4.78 is 0. The smallest absolute Gasteiger partial charge is 0.247 e. The van der Waals surface area contributed by atoms with E-state index in [9.17, 15) is 9.59 Å². The highest BCUT2D eigenvalue weighted by atomic mass is 16.2. The number of carbonyl (C=O) groups excluding carboxylic acids is 2. The lowest BCUT2D eigenvalue weighted by atomic mass is 9.94. The number of benzene rings is 2. The van der Waals surface area contributed by atoms with Crippen LogP contribution in [0.5, 0.6) is 0 Å². The Morgan fingerprint density at radius 1 is 1.11 bits per heavy atom. The molecule has 0 bridgehead atoms. The van der Waals surface area contributed by atoms with Gasteiger partial charge in [-0.3, -0.25) is 9.59 Å². The van der Waals surface area contributed by atoms with Crippen LogP contribution in [0.15, 0.2) is 48.5 Å². The average molecular weight is 380 g/mol. The number of hydrogen-bond acceptors (Lipinski definition) is 3. The summed E-state index contributed by atoms with van der Waals surface area (Å²) in [7, 11) is 0. The molecule has 28 heavy (non-hydrogen) atoms. The lowest BCUT2D eigenvalue weighted by Gasteiger charge is -2.29. The number of rotatable bonds is 6. The van der Waals surface area contributed by atoms with Crippen molar-refractivity contribution >= 4 is 17.5 Å². The van der Waals surface area contributed by atoms with E-state index in [4.69, 9.17) is 0 Å². The van der Waals surface area contributed by atoms with E-state index in [2.05, 4.69) is 28.1 Å². The van der Waals surface area contributed by atoms with Crippen LogP contribution in [0, 0.1) is 12.8 Å². The molecule has 3 rings (SSSR count). The third-order valence-corrected chi connectivity index (χ3v) is 5.51. The van der Waals surface area contributed by atoms with Gasteiger partial charge in [0.05, 0.1) is 6.04 Å². The minimum absolute atomic E-state index is 0.0327. The first kappa shape index (κ1) is 20.1. The summed E-state index contributed by atoms with van der Waals surface area (Å²) in [5.41, 5.74) is 4.28. The molecule has 2 amide bonds. The van der Waals surface area contributed by atoms with Gasteiger partial charge in [0, 0.05) is 12.2 Å². The molecule has 0 saturated carbocycles. The SMILES string of the molecule is CCC(C)[C@H](NC(=O)[C@@H]1Cc2ccccc2CN1)C(=O)Nc1ccc(C)cc1. The van der Waals surface area contributed by atoms with Crippen LogP contribution in [0.3, 0.4) is 0 Å². The van der Waals surface area contributed by atoms with Gasteiger partial charge in [0.1, 0.15) is 6.04 Å². The first-order valence-electron chi connectivity index (χ1n) is 9.96. The third kappa shape index (κ3) is 4.78. The Labute approximate surface area is 166 Å². The molecular weight excluding hydrogens is 350 g/mol. The van der Waals surface area contributed by atoms with E-state index in [1.54, 1.807) is 0 Å². The van der Waals surface area contributed by atoms with Crippen molar-refractivity contribution in [3.8, 4) is 0 Å². The highest BCUT2D eigenvalue weighted by Gasteiger charge is 2.30. The van der Waals surface area contributed by atoms with Crippen LogP contribution in [-0.4, -0.2) is 23.9 Å². The Morgan fingerprint density at radius 2 is 1.79 bits per heavy atom. The lowest BCUT2D eigenvalue weighted by molar-refractivity contribution is -0.129. The fourth-order valence-corrected chi connectivity index (χ4v) is 3.45. The van der Waals surface area contributed by atoms with Gasteiger partial charge in [0.25, 0.3) is 0 Å². The van der Waals surface area contributed by atoms with Crippen molar-refractivity contribution in [2.45, 2.75) is 52.2 Å². The molecule has 1 unspecified atom stereocenters. The second-order valence-electron chi connectivity index (χ2n) is 7.63. The van der Waals surface area contributed by atoms with E-state index in [1.165, 1.54) is 11.1 Å². The second kappa shape index (κ2) is 9.02. The number of carbonyl (C=O) groups is 2. The predicted octanol–water partition coefficient (Wildman–Crippen LogP) is 3.18. The molecule has 0 radical (unpaired) electrons. The highest BCUT2D eigenvalue weighted by molar-refractivity contribution is 5.98. The topological polar surface area (TPSA) is 70.2 Å². The number of anilines is 1. The van der Waals surface area contributed by atoms with Crippen molar-refractivity contribution in [3.05, 3.63) is 65.2 Å². The summed E-state index contributed by atoms with van der Waals surface area (Å²) in [6.07, 6.45) is 1.43. The molecule has 0 fully saturated rings. The molecule has 3 N–H and O–H groups in total. The Morgan fingerprint density at radius 3 is 2.46 bits per heavy atom. The minimum atomic E-state index is -0.572. The van der Waals surface area contributed by atoms with Crippen LogP contribution in [0.2, 0.25) is 0 Å². The summed E-state index contributed by atoms with van der Waals surface area (Å²) in [5.74, 6) is -0.271. The minimum Gasteiger partial charge on any atom is -0.343 e. The van der Waals surface area contributed by atoms with E-state index >= 15 is 0 Å². The van der Waals surface area contributed by atoms with Gasteiger partial charge in [-0.25, -0.2) is 0 Å². The average Bonchev–Trinajstić information content (AvgIpc) is 2.72. The number of fused-ring (bicyclic) bond motifs is 1. The normalized spacial score (nSPS) is 17.9. The summed E-state index contributed by atoms with van der Waals surface area (Å²) in [6.45, 7) is 6.68. The molecule has 2 aromatic carbocycles. The van der Waals surface area contributed by atoms with Crippen LogP contribution < -0.4 is 16.0 Å². The van der Waals surface area contributed by atoms with E-state index in [0.717, 1.165) is 17.7 Å². The van der Waals surface area contributed by atoms with Crippen LogP contribution in [0.25, 0.3) is 0 Å². The van der Waals surface area contributed by atoms with Gasteiger partial charge in [-0.1, -0.05) is 62.2 Å². The van der Waals surface area contributed by atoms with Crippen molar-refractivity contribution < 1.29 is 9.59 Å². The molecule has 1 aliphatic rings. The maximum absolute atomic E-state index is 12.9. The van der Waals surface area contributed by atoms with Crippen LogP contribution >= 0.6 is 0 Å². The van der Waals surface area contributed by atoms with E-state index in [0.29, 0.717) is 13.0 Å². The molecule has 3 atom stereocenters. The fourth-order valence-electron chi connectivity index (χ4n) is 3.45. The van der Waals surface area contributed by atoms with Gasteiger partial charge < -0.3 is 16.0 Å². The molecule has 5 nitrogen and oxygen atoms in total. The van der Waals surface area contributed by atoms with Crippen molar-refractivity contribution in [2.75, 3.05) is 5.32 Å². The van der Waals surface area contributed by atoms with Gasteiger partial charge in [-0.05, 0) is 42.5 Å². The van der Waals surface area contributed by atoms with Crippen molar-refractivity contribution in [2.24, 2.45) is 5.92 Å². The largest absolute Gasteiger partial charge is 0.343 e. The maximum Gasteiger partial charge on any atom is 0.247 e. The third-order valence-electron chi connectivity index (χ3n) is 5.51. The zero-order valence-electron chi connectivity index (χ0n) is 16.8. The zero-order chi connectivity index (χ0) is 20.1. The Hall–Kier alpha value is -2.66. The van der Waals surface area contributed by atoms with Crippen molar-refractivity contribution in [1.29, 1.82) is 0 Å². The van der Waals surface area contributed by atoms with Crippen molar-refractivity contribution in [1.82, 2.24) is 10.6 Å². The number of hydrogen-bond donors (Lipinski definition) is 3. The molecule has 0 aromatic heterocycles. The van der Waals surface area contributed by atoms with Crippen LogP contribution in [-0.2, 0) is 22.6 Å². The Bertz CT molecular complexity index is 832. The first-order valence-corrected chi connectivity index (χ1v) is 9.96. The van der Waals surface area contributed by atoms with E-state index in [-0.39, 0.29) is 23.8 Å². The van der Waals surface area contributed by atoms with Gasteiger partial charge in [-0.15, -0.1) is 0 Å². The van der Waals surface area contributed by atoms with Gasteiger partial charge >= 0.3 is 0 Å². The van der Waals surface area contributed by atoms with Crippen LogP contribution in [0.1, 0.15) is 37.0 Å². The molecule has 0 spiro atoms. The van der Waals surface area contributed by atoms with Crippen molar-refractivity contribution in [3.63, 3.8) is 0 Å². The molecule has 0 saturated heterocycles. The fraction of sp³-hybridized carbons (Fsp3) is 0.391. The Balaban J connectivity index is 1.67. The summed E-state index contributed by atoms with van der Waals surface area (Å²) in [5, 5.41) is 9.21. The molecule has 1 aliphatic heterocycles. The Kier molecular flexibility index (Phi) is 6.47. The van der Waals surface area contributed by atoms with Gasteiger partial charge in [0.2, 0.25) is 11.8 Å². The standard InChI is InChI=1S/C23H29N3O2/c1-4-16(3)21(23(28)25-19-11-9-15(2)10-12-19)26-22(27)20-13-17-7-5-6-8-18(17)14-24-20/h5-12,16,20-21,24H,4,13-14H2,1-3H3,(H,25,28)(H,26,27)/t16?,20-,21-/m0/s1. The van der Waals surface area contributed by atoms with Gasteiger partial charge in [-0.2, -0.15) is 0 Å². The highest BCUT2D eigenvalue weighted by Crippen LogP contribution is 2.18. The first-order chi connectivity index (χ1) is 13.5. The number of nitrogens with one attached hydrogen (secondary N) is 3. The molecule has 2 aromatic rings. The summed E-state index contributed by atoms with van der Waals surface area (Å²) in [6, 6.07) is 14.9.